The maximum Gasteiger partial charge on any atom is 0.243 e. The van der Waals surface area contributed by atoms with E-state index >= 15 is 0 Å². The lowest BCUT2D eigenvalue weighted by molar-refractivity contribution is -0.116. The van der Waals surface area contributed by atoms with Crippen molar-refractivity contribution in [3.05, 3.63) is 91.3 Å². The summed E-state index contributed by atoms with van der Waals surface area (Å²) in [5, 5.41) is 3.47. The Morgan fingerprint density at radius 1 is 0.935 bits per heavy atom. The quantitative estimate of drug-likeness (QED) is 0.341. The van der Waals surface area contributed by atoms with Crippen LogP contribution >= 0.6 is 55.1 Å². The number of nitrogens with one attached hydrogen (secondary N) is 1. The van der Waals surface area contributed by atoms with Gasteiger partial charge < -0.3 is 5.32 Å². The Kier molecular flexibility index (Phi) is 8.18. The molecule has 0 saturated carbocycles. The minimum Gasteiger partial charge on any atom is -0.325 e. The molecule has 0 atom stereocenters. The molecule has 5 nitrogen and oxygen atoms in total. The number of carbonyl (C=O) groups is 1. The second kappa shape index (κ2) is 10.5. The molecular formula is C21H16Br2Cl2N2O3S. The Balaban J connectivity index is 1.91. The number of nitrogens with zero attached hydrogens (tertiary/aromatic N) is 1. The summed E-state index contributed by atoms with van der Waals surface area (Å²) in [6, 6.07) is 18.0. The normalized spacial score (nSPS) is 11.5. The van der Waals surface area contributed by atoms with Crippen LogP contribution in [0.1, 0.15) is 5.56 Å². The SMILES string of the molecule is O=C(CN(Cc1ccc(Cl)cc1Cl)S(=O)(=O)c1ccc(Br)cc1)Nc1cccc(Br)c1. The Morgan fingerprint density at radius 3 is 2.29 bits per heavy atom. The van der Waals surface area contributed by atoms with Crippen molar-refractivity contribution >= 4 is 76.7 Å². The summed E-state index contributed by atoms with van der Waals surface area (Å²) in [5.74, 6) is -0.483. The van der Waals surface area contributed by atoms with Crippen LogP contribution in [-0.4, -0.2) is 25.2 Å². The highest BCUT2D eigenvalue weighted by atomic mass is 79.9. The fourth-order valence-corrected chi connectivity index (χ4v) is 5.25. The van der Waals surface area contributed by atoms with Gasteiger partial charge in [-0.25, -0.2) is 8.42 Å². The second-order valence-corrected chi connectivity index (χ2v) is 11.1. The highest BCUT2D eigenvalue weighted by molar-refractivity contribution is 9.10. The van der Waals surface area contributed by atoms with Gasteiger partial charge in [0.25, 0.3) is 0 Å². The highest BCUT2D eigenvalue weighted by Gasteiger charge is 2.27. The molecule has 0 saturated heterocycles. The third-order valence-electron chi connectivity index (χ3n) is 4.24. The van der Waals surface area contributed by atoms with Gasteiger partial charge in [-0.05, 0) is 60.2 Å². The van der Waals surface area contributed by atoms with Crippen molar-refractivity contribution in [1.29, 1.82) is 0 Å². The number of sulfonamides is 1. The van der Waals surface area contributed by atoms with Crippen molar-refractivity contribution in [1.82, 2.24) is 4.31 Å². The summed E-state index contributed by atoms with van der Waals surface area (Å²) in [6.07, 6.45) is 0. The number of rotatable bonds is 7. The summed E-state index contributed by atoms with van der Waals surface area (Å²) in [6.45, 7) is -0.496. The molecule has 0 unspecified atom stereocenters. The van der Waals surface area contributed by atoms with Crippen molar-refractivity contribution in [2.24, 2.45) is 0 Å². The maximum atomic E-state index is 13.3. The Hall–Kier alpha value is -1.42. The molecule has 162 valence electrons. The molecule has 0 fully saturated rings. The van der Waals surface area contributed by atoms with Crippen LogP contribution in [0.5, 0.6) is 0 Å². The van der Waals surface area contributed by atoms with E-state index in [1.807, 2.05) is 6.07 Å². The molecule has 0 aliphatic carbocycles. The van der Waals surface area contributed by atoms with Crippen molar-refractivity contribution < 1.29 is 13.2 Å². The molecule has 3 aromatic rings. The zero-order chi connectivity index (χ0) is 22.6. The van der Waals surface area contributed by atoms with Gasteiger partial charge in [-0.1, -0.05) is 67.2 Å². The van der Waals surface area contributed by atoms with Crippen LogP contribution < -0.4 is 5.32 Å². The lowest BCUT2D eigenvalue weighted by Gasteiger charge is -2.22. The molecule has 1 N–H and O–H groups in total. The fraction of sp³-hybridized carbons (Fsp3) is 0.0952. The van der Waals surface area contributed by atoms with E-state index < -0.39 is 22.5 Å². The van der Waals surface area contributed by atoms with Crippen LogP contribution in [0, 0.1) is 0 Å². The Morgan fingerprint density at radius 2 is 1.65 bits per heavy atom. The first-order valence-corrected chi connectivity index (χ1v) is 12.7. The van der Waals surface area contributed by atoms with Crippen LogP contribution in [0.2, 0.25) is 10.0 Å². The van der Waals surface area contributed by atoms with Crippen LogP contribution in [0.4, 0.5) is 5.69 Å². The summed E-state index contributed by atoms with van der Waals surface area (Å²) in [4.78, 5) is 12.8. The van der Waals surface area contributed by atoms with Crippen molar-refractivity contribution in [3.8, 4) is 0 Å². The summed E-state index contributed by atoms with van der Waals surface area (Å²) in [5.41, 5.74) is 1.08. The number of halogens is 4. The lowest BCUT2D eigenvalue weighted by Crippen LogP contribution is -2.37. The van der Waals surface area contributed by atoms with Crippen LogP contribution in [0.25, 0.3) is 0 Å². The van der Waals surface area contributed by atoms with Gasteiger partial charge in [-0.3, -0.25) is 4.79 Å². The van der Waals surface area contributed by atoms with Gasteiger partial charge in [-0.15, -0.1) is 0 Å². The zero-order valence-corrected chi connectivity index (χ0v) is 21.4. The Bertz CT molecular complexity index is 1210. The van der Waals surface area contributed by atoms with Crippen molar-refractivity contribution in [2.75, 3.05) is 11.9 Å². The van der Waals surface area contributed by atoms with Gasteiger partial charge in [0.2, 0.25) is 15.9 Å². The van der Waals surface area contributed by atoms with E-state index in [9.17, 15) is 13.2 Å². The zero-order valence-electron chi connectivity index (χ0n) is 15.9. The van der Waals surface area contributed by atoms with Gasteiger partial charge in [0.15, 0.2) is 0 Å². The minimum absolute atomic E-state index is 0.0658. The number of anilines is 1. The predicted molar refractivity (Wildman–Crippen MR) is 131 cm³/mol. The van der Waals surface area contributed by atoms with Crippen molar-refractivity contribution in [3.63, 3.8) is 0 Å². The highest BCUT2D eigenvalue weighted by Crippen LogP contribution is 2.26. The van der Waals surface area contributed by atoms with E-state index in [-0.39, 0.29) is 11.4 Å². The van der Waals surface area contributed by atoms with Crippen molar-refractivity contribution in [2.45, 2.75) is 11.4 Å². The van der Waals surface area contributed by atoms with Gasteiger partial charge in [-0.2, -0.15) is 4.31 Å². The molecule has 0 spiro atoms. The number of carbonyl (C=O) groups excluding carboxylic acids is 1. The lowest BCUT2D eigenvalue weighted by atomic mass is 10.2. The fourth-order valence-electron chi connectivity index (χ4n) is 2.75. The smallest absolute Gasteiger partial charge is 0.243 e. The van der Waals surface area contributed by atoms with Crippen LogP contribution in [0.15, 0.2) is 80.6 Å². The molecule has 0 heterocycles. The van der Waals surface area contributed by atoms with E-state index in [1.165, 1.54) is 18.2 Å². The third-order valence-corrected chi connectivity index (χ3v) is 7.66. The molecule has 0 aliphatic rings. The average Bonchev–Trinajstić information content (AvgIpc) is 2.69. The largest absolute Gasteiger partial charge is 0.325 e. The summed E-state index contributed by atoms with van der Waals surface area (Å²) < 4.78 is 29.3. The van der Waals surface area contributed by atoms with Crippen LogP contribution in [0.3, 0.4) is 0 Å². The topological polar surface area (TPSA) is 66.5 Å². The molecule has 0 radical (unpaired) electrons. The van der Waals surface area contributed by atoms with E-state index in [0.29, 0.717) is 21.3 Å². The standard InChI is InChI=1S/C21H16Br2Cl2N2O3S/c22-15-5-8-19(9-6-15)31(29,30)27(12-14-4-7-17(24)11-20(14)25)13-21(28)26-18-3-1-2-16(23)10-18/h1-11H,12-13H2,(H,26,28). The maximum absolute atomic E-state index is 13.3. The minimum atomic E-state index is -3.99. The van der Waals surface area contributed by atoms with E-state index in [4.69, 9.17) is 23.2 Å². The molecule has 31 heavy (non-hydrogen) atoms. The summed E-state index contributed by atoms with van der Waals surface area (Å²) in [7, 11) is -3.99. The molecule has 10 heteroatoms. The molecule has 3 rings (SSSR count). The number of hydrogen-bond acceptors (Lipinski definition) is 3. The van der Waals surface area contributed by atoms with Crippen LogP contribution in [-0.2, 0) is 21.4 Å². The molecule has 0 aliphatic heterocycles. The third kappa shape index (κ3) is 6.54. The van der Waals surface area contributed by atoms with Gasteiger partial charge in [0.05, 0.1) is 11.4 Å². The van der Waals surface area contributed by atoms with Gasteiger partial charge in [0.1, 0.15) is 0 Å². The number of benzene rings is 3. The number of hydrogen-bond donors (Lipinski definition) is 1. The molecule has 0 bridgehead atoms. The second-order valence-electron chi connectivity index (χ2n) is 6.52. The first-order chi connectivity index (χ1) is 14.6. The molecule has 1 amide bonds. The first-order valence-electron chi connectivity index (χ1n) is 8.90. The van der Waals surface area contributed by atoms with Gasteiger partial charge in [0, 0.05) is 31.2 Å². The Labute approximate surface area is 207 Å². The average molecular weight is 607 g/mol. The molecular weight excluding hydrogens is 591 g/mol. The van der Waals surface area contributed by atoms with Gasteiger partial charge >= 0.3 is 0 Å². The molecule has 3 aromatic carbocycles. The van der Waals surface area contributed by atoms with E-state index in [1.54, 1.807) is 42.5 Å². The number of amides is 1. The summed E-state index contributed by atoms with van der Waals surface area (Å²) >= 11 is 18.8. The first kappa shape index (κ1) is 24.2. The monoisotopic (exact) mass is 604 g/mol. The molecule has 0 aromatic heterocycles. The predicted octanol–water partition coefficient (Wildman–Crippen LogP) is 6.35. The van der Waals surface area contributed by atoms with E-state index in [0.717, 1.165) is 13.3 Å². The van der Waals surface area contributed by atoms with E-state index in [2.05, 4.69) is 37.2 Å².